The molecule has 0 atom stereocenters. The van der Waals surface area contributed by atoms with Gasteiger partial charge in [0.15, 0.2) is 0 Å². The molecular weight excluding hydrogens is 234 g/mol. The number of carbonyl (C=O) groups excluding carboxylic acids is 1. The van der Waals surface area contributed by atoms with E-state index in [1.54, 1.807) is 0 Å². The Labute approximate surface area is 115 Å². The van der Waals surface area contributed by atoms with Crippen LogP contribution in [-0.4, -0.2) is 16.8 Å². The number of hydrogen-bond donors (Lipinski definition) is 0. The number of fused-ring (bicyclic) bond motifs is 1. The van der Waals surface area contributed by atoms with Crippen LogP contribution < -0.4 is 0 Å². The summed E-state index contributed by atoms with van der Waals surface area (Å²) in [6.45, 7) is 5.26. The van der Waals surface area contributed by atoms with E-state index in [0.717, 1.165) is 6.54 Å². The molecule has 0 bridgehead atoms. The highest BCUT2D eigenvalue weighted by Crippen LogP contribution is 2.32. The molecule has 1 saturated carbocycles. The van der Waals surface area contributed by atoms with Crippen molar-refractivity contribution in [3.63, 3.8) is 0 Å². The van der Waals surface area contributed by atoms with Crippen LogP contribution in [0.4, 0.5) is 0 Å². The molecule has 19 heavy (non-hydrogen) atoms. The molecule has 1 aromatic carbocycles. The number of rotatable bonds is 2. The van der Waals surface area contributed by atoms with Crippen LogP contribution in [0, 0.1) is 0 Å². The summed E-state index contributed by atoms with van der Waals surface area (Å²) < 4.78 is 0. The lowest BCUT2D eigenvalue weighted by molar-refractivity contribution is -0.134. The van der Waals surface area contributed by atoms with Gasteiger partial charge in [-0.2, -0.15) is 0 Å². The van der Waals surface area contributed by atoms with Gasteiger partial charge in [-0.3, -0.25) is 4.79 Å². The van der Waals surface area contributed by atoms with Crippen molar-refractivity contribution in [2.75, 3.05) is 0 Å². The first-order chi connectivity index (χ1) is 9.16. The van der Waals surface area contributed by atoms with Crippen LogP contribution in [0.15, 0.2) is 18.2 Å². The lowest BCUT2D eigenvalue weighted by Crippen LogP contribution is -2.42. The minimum absolute atomic E-state index is 0.340. The Bertz CT molecular complexity index is 486. The van der Waals surface area contributed by atoms with Crippen molar-refractivity contribution in [1.82, 2.24) is 4.90 Å². The standard InChI is InChI=1S/C17H23NO/c1-12(2)15-9-5-6-13-11-18(14-7-3-4-8-14)17(19)10-16(13)15/h5-6,9,12,14H,3-4,7-8,10-11H2,1-2H3. The molecule has 0 aromatic heterocycles. The molecule has 0 radical (unpaired) electrons. The van der Waals surface area contributed by atoms with E-state index in [4.69, 9.17) is 0 Å². The molecule has 2 aliphatic rings. The highest BCUT2D eigenvalue weighted by molar-refractivity contribution is 5.81. The molecule has 0 saturated heterocycles. The molecule has 3 rings (SSSR count). The topological polar surface area (TPSA) is 20.3 Å². The van der Waals surface area contributed by atoms with Crippen molar-refractivity contribution >= 4 is 5.91 Å². The molecule has 1 fully saturated rings. The predicted molar refractivity (Wildman–Crippen MR) is 77.0 cm³/mol. The van der Waals surface area contributed by atoms with Gasteiger partial charge in [-0.05, 0) is 35.4 Å². The van der Waals surface area contributed by atoms with E-state index < -0.39 is 0 Å². The zero-order valence-corrected chi connectivity index (χ0v) is 12.0. The molecule has 1 amide bonds. The van der Waals surface area contributed by atoms with Crippen LogP contribution in [0.2, 0.25) is 0 Å². The first kappa shape index (κ1) is 12.7. The van der Waals surface area contributed by atoms with Gasteiger partial charge in [-0.25, -0.2) is 0 Å². The smallest absolute Gasteiger partial charge is 0.227 e. The fraction of sp³-hybridized carbons (Fsp3) is 0.588. The third-order valence-electron chi connectivity index (χ3n) is 4.69. The van der Waals surface area contributed by atoms with Gasteiger partial charge in [0, 0.05) is 12.6 Å². The second-order valence-corrected chi connectivity index (χ2v) is 6.28. The second-order valence-electron chi connectivity index (χ2n) is 6.28. The van der Waals surface area contributed by atoms with Crippen molar-refractivity contribution in [3.8, 4) is 0 Å². The van der Waals surface area contributed by atoms with Crippen LogP contribution in [0.1, 0.15) is 62.1 Å². The molecule has 1 aromatic rings. The van der Waals surface area contributed by atoms with E-state index in [9.17, 15) is 4.79 Å². The molecule has 0 N–H and O–H groups in total. The predicted octanol–water partition coefficient (Wildman–Crippen LogP) is 3.64. The molecule has 1 heterocycles. The van der Waals surface area contributed by atoms with Crippen molar-refractivity contribution in [3.05, 3.63) is 34.9 Å². The Hall–Kier alpha value is -1.31. The summed E-state index contributed by atoms with van der Waals surface area (Å²) in [6.07, 6.45) is 5.58. The Kier molecular flexibility index (Phi) is 3.34. The van der Waals surface area contributed by atoms with Crippen molar-refractivity contribution in [1.29, 1.82) is 0 Å². The number of benzene rings is 1. The van der Waals surface area contributed by atoms with Crippen LogP contribution in [0.25, 0.3) is 0 Å². The Morgan fingerprint density at radius 2 is 1.95 bits per heavy atom. The molecule has 102 valence electrons. The molecule has 2 heteroatoms. The summed E-state index contributed by atoms with van der Waals surface area (Å²) in [7, 11) is 0. The minimum Gasteiger partial charge on any atom is -0.335 e. The summed E-state index contributed by atoms with van der Waals surface area (Å²) in [6, 6.07) is 7.04. The van der Waals surface area contributed by atoms with E-state index in [1.165, 1.54) is 42.4 Å². The molecule has 0 unspecified atom stereocenters. The van der Waals surface area contributed by atoms with E-state index >= 15 is 0 Å². The second kappa shape index (κ2) is 4.99. The zero-order valence-electron chi connectivity index (χ0n) is 12.0. The normalized spacial score (nSPS) is 20.2. The molecule has 2 nitrogen and oxygen atoms in total. The summed E-state index contributed by atoms with van der Waals surface area (Å²) in [4.78, 5) is 14.6. The Balaban J connectivity index is 1.91. The minimum atomic E-state index is 0.340. The molecule has 1 aliphatic heterocycles. The highest BCUT2D eigenvalue weighted by Gasteiger charge is 2.31. The number of nitrogens with zero attached hydrogens (tertiary/aromatic N) is 1. The van der Waals surface area contributed by atoms with Gasteiger partial charge in [0.25, 0.3) is 0 Å². The van der Waals surface area contributed by atoms with Crippen molar-refractivity contribution < 1.29 is 4.79 Å². The first-order valence-electron chi connectivity index (χ1n) is 7.57. The largest absolute Gasteiger partial charge is 0.335 e. The maximum absolute atomic E-state index is 12.4. The van der Waals surface area contributed by atoms with Gasteiger partial charge < -0.3 is 4.90 Å². The number of amides is 1. The molecule has 0 spiro atoms. The van der Waals surface area contributed by atoms with Gasteiger partial charge in [0.05, 0.1) is 6.42 Å². The van der Waals surface area contributed by atoms with E-state index in [-0.39, 0.29) is 0 Å². The first-order valence-corrected chi connectivity index (χ1v) is 7.57. The summed E-state index contributed by atoms with van der Waals surface area (Å²) in [5, 5.41) is 0. The van der Waals surface area contributed by atoms with Gasteiger partial charge in [0.2, 0.25) is 5.91 Å². The Morgan fingerprint density at radius 3 is 2.63 bits per heavy atom. The van der Waals surface area contributed by atoms with Gasteiger partial charge in [0.1, 0.15) is 0 Å². The van der Waals surface area contributed by atoms with E-state index in [0.29, 0.717) is 24.3 Å². The SMILES string of the molecule is CC(C)c1cccc2c1CC(=O)N(C1CCCC1)C2. The van der Waals surface area contributed by atoms with Crippen molar-refractivity contribution in [2.45, 2.75) is 64.5 Å². The lowest BCUT2D eigenvalue weighted by atomic mass is 9.88. The van der Waals surface area contributed by atoms with E-state index in [2.05, 4.69) is 36.9 Å². The fourth-order valence-corrected chi connectivity index (χ4v) is 3.63. The van der Waals surface area contributed by atoms with E-state index in [1.807, 2.05) is 0 Å². The third kappa shape index (κ3) is 2.29. The molecular formula is C17H23NO. The van der Waals surface area contributed by atoms with Crippen LogP contribution in [0.3, 0.4) is 0 Å². The van der Waals surface area contributed by atoms with Crippen LogP contribution in [0.5, 0.6) is 0 Å². The highest BCUT2D eigenvalue weighted by atomic mass is 16.2. The van der Waals surface area contributed by atoms with Crippen molar-refractivity contribution in [2.24, 2.45) is 0 Å². The van der Waals surface area contributed by atoms with Gasteiger partial charge in [-0.1, -0.05) is 44.9 Å². The summed E-state index contributed by atoms with van der Waals surface area (Å²) in [5.41, 5.74) is 4.03. The maximum Gasteiger partial charge on any atom is 0.227 e. The summed E-state index contributed by atoms with van der Waals surface area (Å²) in [5.74, 6) is 0.841. The molecule has 1 aliphatic carbocycles. The quantitative estimate of drug-likeness (QED) is 0.792. The monoisotopic (exact) mass is 257 g/mol. The van der Waals surface area contributed by atoms with Crippen LogP contribution in [-0.2, 0) is 17.8 Å². The average molecular weight is 257 g/mol. The zero-order chi connectivity index (χ0) is 13.4. The lowest BCUT2D eigenvalue weighted by Gasteiger charge is -2.35. The number of carbonyl (C=O) groups is 1. The Morgan fingerprint density at radius 1 is 1.21 bits per heavy atom. The fourth-order valence-electron chi connectivity index (χ4n) is 3.63. The van der Waals surface area contributed by atoms with Crippen LogP contribution >= 0.6 is 0 Å². The average Bonchev–Trinajstić information content (AvgIpc) is 2.90. The number of hydrogen-bond acceptors (Lipinski definition) is 1. The summed E-state index contributed by atoms with van der Waals surface area (Å²) >= 11 is 0. The van der Waals surface area contributed by atoms with Gasteiger partial charge >= 0.3 is 0 Å². The third-order valence-corrected chi connectivity index (χ3v) is 4.69. The maximum atomic E-state index is 12.4. The van der Waals surface area contributed by atoms with Gasteiger partial charge in [-0.15, -0.1) is 0 Å².